The lowest BCUT2D eigenvalue weighted by Gasteiger charge is -2.20. The first-order valence-electron chi connectivity index (χ1n) is 8.67. The molecule has 26 heavy (non-hydrogen) atoms. The molecule has 1 aromatic carbocycles. The summed E-state index contributed by atoms with van der Waals surface area (Å²) in [6, 6.07) is 11.7. The predicted molar refractivity (Wildman–Crippen MR) is 99.2 cm³/mol. The van der Waals surface area contributed by atoms with Gasteiger partial charge in [-0.1, -0.05) is 18.2 Å². The SMILES string of the molecule is Cc1ccccc1OCc1nc(CN(C(=O)c2ccco2)C2CC2)cs1. The molecule has 2 aromatic heterocycles. The van der Waals surface area contributed by atoms with Crippen LogP contribution in [0.2, 0.25) is 0 Å². The average Bonchev–Trinajstić information content (AvgIpc) is 3.16. The van der Waals surface area contributed by atoms with Gasteiger partial charge in [-0.15, -0.1) is 11.3 Å². The Bertz CT molecular complexity index is 884. The number of benzene rings is 1. The third kappa shape index (κ3) is 3.80. The Balaban J connectivity index is 1.40. The highest BCUT2D eigenvalue weighted by atomic mass is 32.1. The van der Waals surface area contributed by atoms with E-state index >= 15 is 0 Å². The zero-order valence-corrected chi connectivity index (χ0v) is 15.4. The van der Waals surface area contributed by atoms with Gasteiger partial charge in [0.25, 0.3) is 5.91 Å². The van der Waals surface area contributed by atoms with E-state index in [0.29, 0.717) is 25.0 Å². The molecule has 1 aliphatic rings. The van der Waals surface area contributed by atoms with Gasteiger partial charge in [-0.3, -0.25) is 4.79 Å². The van der Waals surface area contributed by atoms with E-state index in [2.05, 4.69) is 4.98 Å². The number of para-hydroxylation sites is 1. The molecule has 0 spiro atoms. The van der Waals surface area contributed by atoms with Crippen LogP contribution in [0.4, 0.5) is 0 Å². The molecule has 1 aliphatic carbocycles. The highest BCUT2D eigenvalue weighted by molar-refractivity contribution is 7.09. The number of hydrogen-bond donors (Lipinski definition) is 0. The van der Waals surface area contributed by atoms with Gasteiger partial charge in [0, 0.05) is 11.4 Å². The zero-order chi connectivity index (χ0) is 17.9. The molecule has 1 saturated carbocycles. The molecule has 0 saturated heterocycles. The van der Waals surface area contributed by atoms with Gasteiger partial charge in [0.05, 0.1) is 18.5 Å². The number of carbonyl (C=O) groups excluding carboxylic acids is 1. The van der Waals surface area contributed by atoms with E-state index < -0.39 is 0 Å². The van der Waals surface area contributed by atoms with Gasteiger partial charge < -0.3 is 14.1 Å². The molecule has 134 valence electrons. The summed E-state index contributed by atoms with van der Waals surface area (Å²) in [6.45, 7) is 2.96. The molecular formula is C20H20N2O3S. The second-order valence-electron chi connectivity index (χ2n) is 6.43. The molecule has 0 atom stereocenters. The molecule has 0 bridgehead atoms. The third-order valence-electron chi connectivity index (χ3n) is 4.36. The minimum absolute atomic E-state index is 0.0665. The number of aromatic nitrogens is 1. The van der Waals surface area contributed by atoms with Crippen molar-refractivity contribution in [2.75, 3.05) is 0 Å². The van der Waals surface area contributed by atoms with Crippen molar-refractivity contribution < 1.29 is 13.9 Å². The van der Waals surface area contributed by atoms with Crippen LogP contribution in [0.5, 0.6) is 5.75 Å². The first-order chi connectivity index (χ1) is 12.7. The van der Waals surface area contributed by atoms with Crippen molar-refractivity contribution in [3.8, 4) is 5.75 Å². The molecular weight excluding hydrogens is 348 g/mol. The molecule has 2 heterocycles. The largest absolute Gasteiger partial charge is 0.486 e. The van der Waals surface area contributed by atoms with Crippen LogP contribution in [-0.2, 0) is 13.2 Å². The van der Waals surface area contributed by atoms with Crippen LogP contribution in [0.1, 0.15) is 39.7 Å². The highest BCUT2D eigenvalue weighted by Gasteiger charge is 2.34. The lowest BCUT2D eigenvalue weighted by Crippen LogP contribution is -2.32. The molecule has 0 N–H and O–H groups in total. The van der Waals surface area contributed by atoms with E-state index in [1.54, 1.807) is 23.5 Å². The predicted octanol–water partition coefficient (Wildman–Crippen LogP) is 4.43. The zero-order valence-electron chi connectivity index (χ0n) is 14.6. The van der Waals surface area contributed by atoms with Crippen LogP contribution in [0.15, 0.2) is 52.5 Å². The Labute approximate surface area is 156 Å². The molecule has 5 nitrogen and oxygen atoms in total. The van der Waals surface area contributed by atoms with Gasteiger partial charge in [0.15, 0.2) is 5.76 Å². The number of thiazole rings is 1. The van der Waals surface area contributed by atoms with Gasteiger partial charge >= 0.3 is 0 Å². The van der Waals surface area contributed by atoms with Crippen molar-refractivity contribution >= 4 is 17.2 Å². The highest BCUT2D eigenvalue weighted by Crippen LogP contribution is 2.30. The number of nitrogens with zero attached hydrogens (tertiary/aromatic N) is 2. The fourth-order valence-corrected chi connectivity index (χ4v) is 3.51. The smallest absolute Gasteiger partial charge is 0.290 e. The molecule has 1 amide bonds. The van der Waals surface area contributed by atoms with Crippen LogP contribution in [0.25, 0.3) is 0 Å². The summed E-state index contributed by atoms with van der Waals surface area (Å²) in [4.78, 5) is 19.1. The number of hydrogen-bond acceptors (Lipinski definition) is 5. The van der Waals surface area contributed by atoms with Crippen molar-refractivity contribution in [3.63, 3.8) is 0 Å². The van der Waals surface area contributed by atoms with E-state index in [9.17, 15) is 4.79 Å². The third-order valence-corrected chi connectivity index (χ3v) is 5.23. The lowest BCUT2D eigenvalue weighted by molar-refractivity contribution is 0.0695. The van der Waals surface area contributed by atoms with Crippen molar-refractivity contribution in [2.45, 2.75) is 39.0 Å². The summed E-state index contributed by atoms with van der Waals surface area (Å²) in [7, 11) is 0. The monoisotopic (exact) mass is 368 g/mol. The Hall–Kier alpha value is -2.60. The van der Waals surface area contributed by atoms with Gasteiger partial charge in [0.2, 0.25) is 0 Å². The van der Waals surface area contributed by atoms with Crippen molar-refractivity contribution in [2.24, 2.45) is 0 Å². The lowest BCUT2D eigenvalue weighted by atomic mass is 10.2. The summed E-state index contributed by atoms with van der Waals surface area (Å²) in [6.07, 6.45) is 3.61. The fourth-order valence-electron chi connectivity index (χ4n) is 2.81. The molecule has 0 radical (unpaired) electrons. The number of carbonyl (C=O) groups is 1. The van der Waals surface area contributed by atoms with Crippen LogP contribution in [-0.4, -0.2) is 21.8 Å². The standard InChI is InChI=1S/C20H20N2O3S/c1-14-5-2-3-6-17(14)25-12-19-21-15(13-26-19)11-22(16-8-9-16)20(23)18-7-4-10-24-18/h2-7,10,13,16H,8-9,11-12H2,1H3. The topological polar surface area (TPSA) is 55.6 Å². The Kier molecular flexibility index (Phi) is 4.75. The number of aryl methyl sites for hydroxylation is 1. The Morgan fingerprint density at radius 2 is 2.15 bits per heavy atom. The summed E-state index contributed by atoms with van der Waals surface area (Å²) in [5.41, 5.74) is 2.00. The molecule has 6 heteroatoms. The van der Waals surface area contributed by atoms with Gasteiger partial charge in [0.1, 0.15) is 17.4 Å². The number of ether oxygens (including phenoxy) is 1. The van der Waals surface area contributed by atoms with Crippen LogP contribution >= 0.6 is 11.3 Å². The van der Waals surface area contributed by atoms with E-state index in [1.165, 1.54) is 6.26 Å². The van der Waals surface area contributed by atoms with Crippen molar-refractivity contribution in [1.29, 1.82) is 0 Å². The molecule has 0 unspecified atom stereocenters. The van der Waals surface area contributed by atoms with Crippen LogP contribution in [0, 0.1) is 6.92 Å². The first-order valence-corrected chi connectivity index (χ1v) is 9.55. The second-order valence-corrected chi connectivity index (χ2v) is 7.37. The van der Waals surface area contributed by atoms with Gasteiger partial charge in [-0.25, -0.2) is 4.98 Å². The average molecular weight is 368 g/mol. The van der Waals surface area contributed by atoms with E-state index in [0.717, 1.165) is 34.9 Å². The summed E-state index contributed by atoms with van der Waals surface area (Å²) < 4.78 is 11.1. The maximum Gasteiger partial charge on any atom is 0.290 e. The molecule has 0 aliphatic heterocycles. The van der Waals surface area contributed by atoms with Crippen molar-refractivity contribution in [1.82, 2.24) is 9.88 Å². The van der Waals surface area contributed by atoms with Gasteiger partial charge in [-0.05, 0) is 43.5 Å². The minimum atomic E-state index is -0.0665. The van der Waals surface area contributed by atoms with Crippen LogP contribution in [0.3, 0.4) is 0 Å². The Morgan fingerprint density at radius 1 is 1.31 bits per heavy atom. The van der Waals surface area contributed by atoms with E-state index in [-0.39, 0.29) is 5.91 Å². The van der Waals surface area contributed by atoms with E-state index in [1.807, 2.05) is 41.5 Å². The molecule has 1 fully saturated rings. The number of furan rings is 1. The molecule has 4 rings (SSSR count). The Morgan fingerprint density at radius 3 is 2.88 bits per heavy atom. The van der Waals surface area contributed by atoms with Crippen molar-refractivity contribution in [3.05, 3.63) is 70.1 Å². The fraction of sp³-hybridized carbons (Fsp3) is 0.300. The normalized spacial score (nSPS) is 13.6. The number of rotatable bonds is 7. The van der Waals surface area contributed by atoms with Gasteiger partial charge in [-0.2, -0.15) is 0 Å². The minimum Gasteiger partial charge on any atom is -0.486 e. The quantitative estimate of drug-likeness (QED) is 0.619. The summed E-state index contributed by atoms with van der Waals surface area (Å²) in [5, 5.41) is 2.91. The van der Waals surface area contributed by atoms with Crippen LogP contribution < -0.4 is 4.74 Å². The first kappa shape index (κ1) is 16.8. The summed E-state index contributed by atoms with van der Waals surface area (Å²) >= 11 is 1.56. The maximum atomic E-state index is 12.6. The maximum absolute atomic E-state index is 12.6. The summed E-state index contributed by atoms with van der Waals surface area (Å²) in [5.74, 6) is 1.19. The molecule has 3 aromatic rings. The second kappa shape index (κ2) is 7.33. The van der Waals surface area contributed by atoms with E-state index in [4.69, 9.17) is 9.15 Å². The number of amides is 1.